The number of hydrogen-bond donors (Lipinski definition) is 1. The van der Waals surface area contributed by atoms with Crippen molar-refractivity contribution >= 4 is 24.9 Å². The van der Waals surface area contributed by atoms with Crippen molar-refractivity contribution in [1.29, 1.82) is 0 Å². The zero-order valence-electron chi connectivity index (χ0n) is 18.6. The van der Waals surface area contributed by atoms with E-state index in [1.54, 1.807) is 39.0 Å². The molecule has 8 heteroatoms. The van der Waals surface area contributed by atoms with Crippen LogP contribution in [0.2, 0.25) is 0 Å². The average molecular weight is 405 g/mol. The van der Waals surface area contributed by atoms with Crippen LogP contribution in [0.5, 0.6) is 0 Å². The molecule has 2 rings (SSSR count). The number of hydrogen-bond acceptors (Lipinski definition) is 6. The number of carbonyl (C=O) groups is 2. The third-order valence-corrected chi connectivity index (χ3v) is 5.17. The third kappa shape index (κ3) is 5.96. The van der Waals surface area contributed by atoms with E-state index in [4.69, 9.17) is 18.8 Å². The molecule has 1 atom stereocenters. The van der Waals surface area contributed by atoms with Crippen molar-refractivity contribution in [1.82, 2.24) is 0 Å². The van der Waals surface area contributed by atoms with Crippen molar-refractivity contribution in [3.63, 3.8) is 0 Å². The molecular formula is C21H32BNO6. The van der Waals surface area contributed by atoms with Gasteiger partial charge < -0.3 is 18.8 Å². The monoisotopic (exact) mass is 405 g/mol. The summed E-state index contributed by atoms with van der Waals surface area (Å²) in [5.74, 6) is -0.765. The summed E-state index contributed by atoms with van der Waals surface area (Å²) in [6.07, 6.45) is -0.460. The average Bonchev–Trinajstić information content (AvgIpc) is 2.78. The molecule has 1 unspecified atom stereocenters. The number of amides is 1. The molecule has 1 fully saturated rings. The lowest BCUT2D eigenvalue weighted by atomic mass is 9.66. The first-order valence-electron chi connectivity index (χ1n) is 9.76. The Kier molecular flexibility index (Phi) is 6.70. The van der Waals surface area contributed by atoms with E-state index < -0.39 is 35.8 Å². The normalized spacial score (nSPS) is 18.8. The van der Waals surface area contributed by atoms with E-state index in [9.17, 15) is 9.59 Å². The molecule has 1 heterocycles. The molecule has 1 aromatic carbocycles. The first-order valence-corrected chi connectivity index (χ1v) is 9.76. The minimum absolute atomic E-state index is 0.0865. The van der Waals surface area contributed by atoms with Gasteiger partial charge in [0, 0.05) is 11.5 Å². The second kappa shape index (κ2) is 8.36. The Bertz CT molecular complexity index is 740. The number of nitrogens with one attached hydrogen (secondary N) is 1. The van der Waals surface area contributed by atoms with Crippen molar-refractivity contribution in [3.8, 4) is 0 Å². The highest BCUT2D eigenvalue weighted by Crippen LogP contribution is 2.42. The second-order valence-corrected chi connectivity index (χ2v) is 9.26. The van der Waals surface area contributed by atoms with Crippen molar-refractivity contribution in [3.05, 3.63) is 29.8 Å². The van der Waals surface area contributed by atoms with E-state index in [1.165, 1.54) is 7.11 Å². The number of anilines is 1. The van der Waals surface area contributed by atoms with E-state index in [0.29, 0.717) is 5.69 Å². The summed E-state index contributed by atoms with van der Waals surface area (Å²) in [5, 5.41) is 2.73. The maximum Gasteiger partial charge on any atom is 0.466 e. The van der Waals surface area contributed by atoms with Crippen molar-refractivity contribution in [2.45, 2.75) is 77.5 Å². The van der Waals surface area contributed by atoms with Gasteiger partial charge in [0.2, 0.25) is 0 Å². The number of rotatable bonds is 5. The Hall–Kier alpha value is -2.06. The largest absolute Gasteiger partial charge is 0.469 e. The molecule has 1 aromatic rings. The van der Waals surface area contributed by atoms with Crippen molar-refractivity contribution < 1.29 is 28.4 Å². The Morgan fingerprint density at radius 2 is 1.72 bits per heavy atom. The molecule has 160 valence electrons. The highest BCUT2D eigenvalue weighted by molar-refractivity contribution is 6.48. The standard InChI is InChI=1S/C21H32BNO6/c1-19(2,3)27-18(25)23-15-11-9-10-14(12-15)16(13-17(24)26-8)22-28-20(4,5)21(6,7)29-22/h9-12,16H,13H2,1-8H3,(H,23,25). The third-order valence-electron chi connectivity index (χ3n) is 5.17. The molecule has 29 heavy (non-hydrogen) atoms. The zero-order chi connectivity index (χ0) is 22.0. The van der Waals surface area contributed by atoms with E-state index in [-0.39, 0.29) is 12.4 Å². The van der Waals surface area contributed by atoms with Crippen LogP contribution < -0.4 is 5.32 Å². The van der Waals surface area contributed by atoms with E-state index in [0.717, 1.165) is 5.56 Å². The van der Waals surface area contributed by atoms with Gasteiger partial charge in [-0.3, -0.25) is 10.1 Å². The lowest BCUT2D eigenvalue weighted by molar-refractivity contribution is -0.140. The Morgan fingerprint density at radius 1 is 1.14 bits per heavy atom. The minimum Gasteiger partial charge on any atom is -0.469 e. The lowest BCUT2D eigenvalue weighted by Crippen LogP contribution is -2.41. The number of benzene rings is 1. The van der Waals surface area contributed by atoms with Gasteiger partial charge in [0.1, 0.15) is 5.60 Å². The maximum atomic E-state index is 12.1. The van der Waals surface area contributed by atoms with Gasteiger partial charge in [-0.05, 0) is 66.2 Å². The van der Waals surface area contributed by atoms with E-state index >= 15 is 0 Å². The summed E-state index contributed by atoms with van der Waals surface area (Å²) in [5.41, 5.74) is -0.306. The Labute approximate surface area is 173 Å². The fraction of sp³-hybridized carbons (Fsp3) is 0.619. The van der Waals surface area contributed by atoms with Crippen LogP contribution in [0.25, 0.3) is 0 Å². The molecule has 7 nitrogen and oxygen atoms in total. The quantitative estimate of drug-likeness (QED) is 0.581. The predicted molar refractivity (Wildman–Crippen MR) is 112 cm³/mol. The van der Waals surface area contributed by atoms with Crippen LogP contribution in [0.4, 0.5) is 10.5 Å². The van der Waals surface area contributed by atoms with Gasteiger partial charge in [0.25, 0.3) is 0 Å². The van der Waals surface area contributed by atoms with Gasteiger partial charge in [0.05, 0.1) is 24.7 Å². The van der Waals surface area contributed by atoms with E-state index in [1.807, 2.05) is 33.8 Å². The molecule has 0 bridgehead atoms. The molecule has 0 aromatic heterocycles. The zero-order valence-corrected chi connectivity index (χ0v) is 18.6. The van der Waals surface area contributed by atoms with Crippen LogP contribution in [-0.4, -0.2) is 43.1 Å². The van der Waals surface area contributed by atoms with Crippen LogP contribution >= 0.6 is 0 Å². The molecule has 0 radical (unpaired) electrons. The van der Waals surface area contributed by atoms with Crippen LogP contribution in [0.1, 0.15) is 66.3 Å². The molecule has 1 aliphatic rings. The minimum atomic E-state index is -0.629. The van der Waals surface area contributed by atoms with Gasteiger partial charge >= 0.3 is 19.2 Å². The Balaban J connectivity index is 2.28. The SMILES string of the molecule is COC(=O)CC(B1OC(C)(C)C(C)(C)O1)c1cccc(NC(=O)OC(C)(C)C)c1. The smallest absolute Gasteiger partial charge is 0.466 e. The summed E-state index contributed by atoms with van der Waals surface area (Å²) in [4.78, 5) is 24.2. The van der Waals surface area contributed by atoms with Crippen LogP contribution in [-0.2, 0) is 23.6 Å². The van der Waals surface area contributed by atoms with Gasteiger partial charge in [0.15, 0.2) is 0 Å². The molecule has 0 saturated carbocycles. The molecular weight excluding hydrogens is 373 g/mol. The second-order valence-electron chi connectivity index (χ2n) is 9.26. The van der Waals surface area contributed by atoms with Crippen molar-refractivity contribution in [2.75, 3.05) is 12.4 Å². The number of methoxy groups -OCH3 is 1. The van der Waals surface area contributed by atoms with Crippen LogP contribution in [0, 0.1) is 0 Å². The number of carbonyl (C=O) groups excluding carboxylic acids is 2. The molecule has 1 N–H and O–H groups in total. The van der Waals surface area contributed by atoms with Gasteiger partial charge in [-0.15, -0.1) is 0 Å². The molecule has 0 spiro atoms. The molecule has 1 amide bonds. The molecule has 0 aliphatic carbocycles. The highest BCUT2D eigenvalue weighted by atomic mass is 16.7. The predicted octanol–water partition coefficient (Wildman–Crippen LogP) is 4.31. The van der Waals surface area contributed by atoms with Crippen molar-refractivity contribution in [2.24, 2.45) is 0 Å². The first-order chi connectivity index (χ1) is 13.2. The summed E-state index contributed by atoms with van der Waals surface area (Å²) in [6, 6.07) is 7.23. The summed E-state index contributed by atoms with van der Waals surface area (Å²) >= 11 is 0. The fourth-order valence-electron chi connectivity index (χ4n) is 2.96. The molecule has 1 aliphatic heterocycles. The van der Waals surface area contributed by atoms with Crippen LogP contribution in [0.3, 0.4) is 0 Å². The first kappa shape index (κ1) is 23.2. The van der Waals surface area contributed by atoms with Gasteiger partial charge in [-0.25, -0.2) is 4.79 Å². The Morgan fingerprint density at radius 3 is 2.24 bits per heavy atom. The number of ether oxygens (including phenoxy) is 2. The summed E-state index contributed by atoms with van der Waals surface area (Å²) in [7, 11) is 0.722. The summed E-state index contributed by atoms with van der Waals surface area (Å²) < 4.78 is 22.5. The number of esters is 1. The maximum absolute atomic E-state index is 12.1. The van der Waals surface area contributed by atoms with Gasteiger partial charge in [-0.2, -0.15) is 0 Å². The molecule has 1 saturated heterocycles. The lowest BCUT2D eigenvalue weighted by Gasteiger charge is -2.32. The fourth-order valence-corrected chi connectivity index (χ4v) is 2.96. The van der Waals surface area contributed by atoms with Crippen LogP contribution in [0.15, 0.2) is 24.3 Å². The topological polar surface area (TPSA) is 83.1 Å². The summed E-state index contributed by atoms with van der Waals surface area (Å²) in [6.45, 7) is 13.2. The van der Waals surface area contributed by atoms with E-state index in [2.05, 4.69) is 5.32 Å². The highest BCUT2D eigenvalue weighted by Gasteiger charge is 2.54. The van der Waals surface area contributed by atoms with Gasteiger partial charge in [-0.1, -0.05) is 12.1 Å².